The van der Waals surface area contributed by atoms with E-state index in [1.54, 1.807) is 0 Å². The normalized spacial score (nSPS) is 25.4. The van der Waals surface area contributed by atoms with Crippen molar-refractivity contribution in [3.05, 3.63) is 34.9 Å². The molecule has 1 aliphatic rings. The SMILES string of the molecule is Cc1ccc(C(=O)C(C)N2CC(C)CCC2C)cc1C. The van der Waals surface area contributed by atoms with Crippen LogP contribution in [0.3, 0.4) is 0 Å². The van der Waals surface area contributed by atoms with Crippen LogP contribution in [0.4, 0.5) is 0 Å². The van der Waals surface area contributed by atoms with Crippen LogP contribution in [0, 0.1) is 19.8 Å². The fourth-order valence-corrected chi connectivity index (χ4v) is 3.15. The largest absolute Gasteiger partial charge is 0.292 e. The molecule has 3 unspecified atom stereocenters. The van der Waals surface area contributed by atoms with Crippen molar-refractivity contribution in [2.45, 2.75) is 59.5 Å². The van der Waals surface area contributed by atoms with Gasteiger partial charge in [-0.1, -0.05) is 19.1 Å². The van der Waals surface area contributed by atoms with Crippen LogP contribution in [-0.2, 0) is 0 Å². The number of hydrogen-bond acceptors (Lipinski definition) is 2. The molecule has 20 heavy (non-hydrogen) atoms. The smallest absolute Gasteiger partial charge is 0.179 e. The minimum Gasteiger partial charge on any atom is -0.292 e. The molecule has 1 aromatic rings. The summed E-state index contributed by atoms with van der Waals surface area (Å²) in [6.07, 6.45) is 2.48. The molecule has 0 spiro atoms. The summed E-state index contributed by atoms with van der Waals surface area (Å²) >= 11 is 0. The third kappa shape index (κ3) is 3.12. The van der Waals surface area contributed by atoms with Gasteiger partial charge in [0.05, 0.1) is 6.04 Å². The number of rotatable bonds is 3. The van der Waals surface area contributed by atoms with Crippen molar-refractivity contribution in [3.8, 4) is 0 Å². The summed E-state index contributed by atoms with van der Waals surface area (Å²) in [5.41, 5.74) is 3.29. The fourth-order valence-electron chi connectivity index (χ4n) is 3.15. The van der Waals surface area contributed by atoms with Crippen molar-refractivity contribution in [2.24, 2.45) is 5.92 Å². The number of piperidine rings is 1. The Balaban J connectivity index is 2.16. The van der Waals surface area contributed by atoms with Gasteiger partial charge >= 0.3 is 0 Å². The lowest BCUT2D eigenvalue weighted by Crippen LogP contribution is -2.49. The quantitative estimate of drug-likeness (QED) is 0.776. The number of nitrogens with zero attached hydrogens (tertiary/aromatic N) is 1. The van der Waals surface area contributed by atoms with Crippen LogP contribution in [0.2, 0.25) is 0 Å². The molecule has 0 N–H and O–H groups in total. The van der Waals surface area contributed by atoms with Crippen LogP contribution in [0.25, 0.3) is 0 Å². The van der Waals surface area contributed by atoms with E-state index in [0.717, 1.165) is 12.1 Å². The van der Waals surface area contributed by atoms with Crippen LogP contribution in [0.5, 0.6) is 0 Å². The maximum absolute atomic E-state index is 12.7. The Morgan fingerprint density at radius 1 is 1.20 bits per heavy atom. The zero-order chi connectivity index (χ0) is 14.9. The van der Waals surface area contributed by atoms with Gasteiger partial charge in [0.1, 0.15) is 0 Å². The Kier molecular flexibility index (Phi) is 4.64. The zero-order valence-electron chi connectivity index (χ0n) is 13.4. The summed E-state index contributed by atoms with van der Waals surface area (Å²) in [6, 6.07) is 6.55. The molecule has 1 saturated heterocycles. The molecular formula is C18H27NO. The van der Waals surface area contributed by atoms with Gasteiger partial charge in [0.15, 0.2) is 5.78 Å². The summed E-state index contributed by atoms with van der Waals surface area (Å²) in [7, 11) is 0. The predicted octanol–water partition coefficient (Wildman–Crippen LogP) is 4.00. The average molecular weight is 273 g/mol. The first-order valence-corrected chi connectivity index (χ1v) is 7.77. The van der Waals surface area contributed by atoms with Gasteiger partial charge in [0.2, 0.25) is 0 Å². The fraction of sp³-hybridized carbons (Fsp3) is 0.611. The van der Waals surface area contributed by atoms with Gasteiger partial charge in [-0.3, -0.25) is 9.69 Å². The number of aryl methyl sites for hydroxylation is 2. The van der Waals surface area contributed by atoms with E-state index in [0.29, 0.717) is 12.0 Å². The van der Waals surface area contributed by atoms with Crippen LogP contribution < -0.4 is 0 Å². The van der Waals surface area contributed by atoms with Crippen molar-refractivity contribution < 1.29 is 4.79 Å². The lowest BCUT2D eigenvalue weighted by Gasteiger charge is -2.40. The minimum absolute atomic E-state index is 0.0187. The maximum Gasteiger partial charge on any atom is 0.179 e. The first kappa shape index (κ1) is 15.2. The monoisotopic (exact) mass is 273 g/mol. The molecule has 1 fully saturated rings. The Bertz CT molecular complexity index is 494. The Morgan fingerprint density at radius 3 is 2.55 bits per heavy atom. The third-order valence-corrected chi connectivity index (χ3v) is 4.83. The molecular weight excluding hydrogens is 246 g/mol. The summed E-state index contributed by atoms with van der Waals surface area (Å²) < 4.78 is 0. The van der Waals surface area contributed by atoms with E-state index < -0.39 is 0 Å². The van der Waals surface area contributed by atoms with E-state index >= 15 is 0 Å². The standard InChI is InChI=1S/C18H27NO/c1-12-6-8-15(4)19(11-12)16(5)18(20)17-9-7-13(2)14(3)10-17/h7,9-10,12,15-16H,6,8,11H2,1-5H3. The Morgan fingerprint density at radius 2 is 1.90 bits per heavy atom. The highest BCUT2D eigenvalue weighted by Gasteiger charge is 2.30. The average Bonchev–Trinajstić information content (AvgIpc) is 2.43. The first-order valence-electron chi connectivity index (χ1n) is 7.77. The predicted molar refractivity (Wildman–Crippen MR) is 84.3 cm³/mol. The van der Waals surface area contributed by atoms with E-state index in [-0.39, 0.29) is 11.8 Å². The number of benzene rings is 1. The molecule has 0 amide bonds. The number of ketones is 1. The molecule has 1 aliphatic heterocycles. The van der Waals surface area contributed by atoms with E-state index in [1.165, 1.54) is 24.0 Å². The van der Waals surface area contributed by atoms with E-state index in [9.17, 15) is 4.79 Å². The summed E-state index contributed by atoms with van der Waals surface area (Å²) in [6.45, 7) is 11.8. The lowest BCUT2D eigenvalue weighted by atomic mass is 9.91. The van der Waals surface area contributed by atoms with E-state index in [4.69, 9.17) is 0 Å². The highest BCUT2D eigenvalue weighted by molar-refractivity contribution is 6.00. The van der Waals surface area contributed by atoms with Gasteiger partial charge in [0, 0.05) is 18.2 Å². The second-order valence-corrected chi connectivity index (χ2v) is 6.57. The van der Waals surface area contributed by atoms with Crippen molar-refractivity contribution in [3.63, 3.8) is 0 Å². The second kappa shape index (κ2) is 6.09. The van der Waals surface area contributed by atoms with Gasteiger partial charge in [-0.05, 0) is 63.6 Å². The van der Waals surface area contributed by atoms with Crippen molar-refractivity contribution >= 4 is 5.78 Å². The van der Waals surface area contributed by atoms with Gasteiger partial charge in [-0.15, -0.1) is 0 Å². The van der Waals surface area contributed by atoms with Gasteiger partial charge in [-0.25, -0.2) is 0 Å². The van der Waals surface area contributed by atoms with Gasteiger partial charge < -0.3 is 0 Å². The molecule has 1 heterocycles. The van der Waals surface area contributed by atoms with Crippen molar-refractivity contribution in [2.75, 3.05) is 6.54 Å². The van der Waals surface area contributed by atoms with Crippen molar-refractivity contribution in [1.82, 2.24) is 4.90 Å². The summed E-state index contributed by atoms with van der Waals surface area (Å²) in [4.78, 5) is 15.1. The Hall–Kier alpha value is -1.15. The number of Topliss-reactive ketones (excluding diaryl/α,β-unsaturated/α-hetero) is 1. The highest BCUT2D eigenvalue weighted by Crippen LogP contribution is 2.25. The lowest BCUT2D eigenvalue weighted by molar-refractivity contribution is 0.0607. The van der Waals surface area contributed by atoms with Crippen LogP contribution >= 0.6 is 0 Å². The van der Waals surface area contributed by atoms with Crippen LogP contribution in [0.1, 0.15) is 55.1 Å². The number of carbonyl (C=O) groups excluding carboxylic acids is 1. The molecule has 2 nitrogen and oxygen atoms in total. The number of hydrogen-bond donors (Lipinski definition) is 0. The molecule has 2 rings (SSSR count). The molecule has 110 valence electrons. The third-order valence-electron chi connectivity index (χ3n) is 4.83. The molecule has 1 aromatic carbocycles. The molecule has 0 aromatic heterocycles. The zero-order valence-corrected chi connectivity index (χ0v) is 13.4. The maximum atomic E-state index is 12.7. The Labute approximate surface area is 123 Å². The number of carbonyl (C=O) groups is 1. The van der Waals surface area contributed by atoms with Crippen molar-refractivity contribution in [1.29, 1.82) is 0 Å². The van der Waals surface area contributed by atoms with Gasteiger partial charge in [-0.2, -0.15) is 0 Å². The van der Waals surface area contributed by atoms with Gasteiger partial charge in [0.25, 0.3) is 0 Å². The molecule has 0 aliphatic carbocycles. The van der Waals surface area contributed by atoms with Crippen LogP contribution in [0.15, 0.2) is 18.2 Å². The topological polar surface area (TPSA) is 20.3 Å². The summed E-state index contributed by atoms with van der Waals surface area (Å²) in [5.74, 6) is 0.954. The molecule has 0 saturated carbocycles. The molecule has 0 bridgehead atoms. The molecule has 3 atom stereocenters. The highest BCUT2D eigenvalue weighted by atomic mass is 16.1. The number of likely N-dealkylation sites (tertiary alicyclic amines) is 1. The second-order valence-electron chi connectivity index (χ2n) is 6.57. The van der Waals surface area contributed by atoms with E-state index in [2.05, 4.69) is 45.6 Å². The molecule has 2 heteroatoms. The van der Waals surface area contributed by atoms with E-state index in [1.807, 2.05) is 12.1 Å². The molecule has 0 radical (unpaired) electrons. The first-order chi connectivity index (χ1) is 9.40. The summed E-state index contributed by atoms with van der Waals surface area (Å²) in [5, 5.41) is 0. The minimum atomic E-state index is -0.0187. The van der Waals surface area contributed by atoms with Crippen LogP contribution in [-0.4, -0.2) is 29.3 Å².